The molecule has 3 heterocycles. The third kappa shape index (κ3) is 3.93. The van der Waals surface area contributed by atoms with E-state index in [4.69, 9.17) is 18.7 Å². The summed E-state index contributed by atoms with van der Waals surface area (Å²) in [5.74, 6) is 4.42. The summed E-state index contributed by atoms with van der Waals surface area (Å²) in [6.45, 7) is 0.378. The maximum absolute atomic E-state index is 6.04. The van der Waals surface area contributed by atoms with Crippen LogP contribution in [0.2, 0.25) is 0 Å². The maximum atomic E-state index is 6.04. The van der Waals surface area contributed by atoms with Crippen LogP contribution in [0.4, 0.5) is 0 Å². The highest BCUT2D eigenvalue weighted by molar-refractivity contribution is 7.98. The molecule has 0 bridgehead atoms. The number of aromatic nitrogens is 5. The van der Waals surface area contributed by atoms with E-state index in [0.717, 1.165) is 22.2 Å². The topological polar surface area (TPSA) is 97.3 Å². The van der Waals surface area contributed by atoms with Crippen molar-refractivity contribution in [1.82, 2.24) is 24.9 Å². The van der Waals surface area contributed by atoms with Gasteiger partial charge in [-0.1, -0.05) is 29.1 Å². The van der Waals surface area contributed by atoms with Gasteiger partial charge in [-0.2, -0.15) is 4.98 Å². The van der Waals surface area contributed by atoms with Gasteiger partial charge >= 0.3 is 0 Å². The molecule has 0 spiro atoms. The van der Waals surface area contributed by atoms with Crippen LogP contribution < -0.4 is 14.2 Å². The molecule has 2 aromatic heterocycles. The first-order chi connectivity index (χ1) is 15.2. The molecule has 1 aliphatic rings. The van der Waals surface area contributed by atoms with E-state index in [1.54, 1.807) is 7.11 Å². The van der Waals surface area contributed by atoms with Crippen molar-refractivity contribution in [3.05, 3.63) is 60.2 Å². The zero-order valence-electron chi connectivity index (χ0n) is 16.9. The number of benzene rings is 2. The molecule has 0 fully saturated rings. The van der Waals surface area contributed by atoms with Crippen LogP contribution in [0.1, 0.15) is 17.8 Å². The Morgan fingerprint density at radius 1 is 1.10 bits per heavy atom. The number of fused-ring (bicyclic) bond motifs is 1. The highest BCUT2D eigenvalue weighted by Crippen LogP contribution is 2.36. The van der Waals surface area contributed by atoms with E-state index in [9.17, 15) is 0 Å². The summed E-state index contributed by atoms with van der Waals surface area (Å²) in [4.78, 5) is 4.46. The van der Waals surface area contributed by atoms with Gasteiger partial charge < -0.3 is 23.3 Å². The second-order valence-corrected chi connectivity index (χ2v) is 7.74. The fourth-order valence-corrected chi connectivity index (χ4v) is 3.93. The quantitative estimate of drug-likeness (QED) is 0.418. The average Bonchev–Trinajstić information content (AvgIpc) is 3.44. The van der Waals surface area contributed by atoms with Crippen molar-refractivity contribution in [2.24, 2.45) is 7.05 Å². The van der Waals surface area contributed by atoms with E-state index >= 15 is 0 Å². The van der Waals surface area contributed by atoms with Crippen LogP contribution in [-0.2, 0) is 12.8 Å². The van der Waals surface area contributed by atoms with Crippen LogP contribution in [0, 0.1) is 0 Å². The molecule has 158 valence electrons. The van der Waals surface area contributed by atoms with Gasteiger partial charge in [0.2, 0.25) is 11.7 Å². The molecule has 0 N–H and O–H groups in total. The SMILES string of the molecule is COc1ccc(-c2noc(CSc3nnc([C@H]4COc5ccccc5O4)n3C)n2)cc1. The van der Waals surface area contributed by atoms with Gasteiger partial charge in [-0.3, -0.25) is 0 Å². The van der Waals surface area contributed by atoms with Crippen molar-refractivity contribution in [2.45, 2.75) is 17.0 Å². The lowest BCUT2D eigenvalue weighted by molar-refractivity contribution is 0.0825. The highest BCUT2D eigenvalue weighted by atomic mass is 32.2. The molecule has 1 aliphatic heterocycles. The summed E-state index contributed by atoms with van der Waals surface area (Å²) in [7, 11) is 3.53. The number of thioether (sulfide) groups is 1. The summed E-state index contributed by atoms with van der Waals surface area (Å²) in [5, 5.41) is 13.4. The summed E-state index contributed by atoms with van der Waals surface area (Å²) >= 11 is 1.46. The van der Waals surface area contributed by atoms with E-state index < -0.39 is 0 Å². The van der Waals surface area contributed by atoms with Crippen LogP contribution in [-0.4, -0.2) is 38.6 Å². The lowest BCUT2D eigenvalue weighted by Crippen LogP contribution is -2.24. The Bertz CT molecular complexity index is 1190. The van der Waals surface area contributed by atoms with Crippen molar-refractivity contribution in [3.63, 3.8) is 0 Å². The Hall–Kier alpha value is -3.53. The molecule has 5 rings (SSSR count). The molecule has 0 saturated heterocycles. The molecule has 0 unspecified atom stereocenters. The number of rotatable bonds is 6. The second kappa shape index (κ2) is 8.31. The van der Waals surface area contributed by atoms with Crippen molar-refractivity contribution in [3.8, 4) is 28.6 Å². The molecule has 0 aliphatic carbocycles. The van der Waals surface area contributed by atoms with Crippen LogP contribution in [0.5, 0.6) is 17.2 Å². The smallest absolute Gasteiger partial charge is 0.237 e. The fraction of sp³-hybridized carbons (Fsp3) is 0.238. The Balaban J connectivity index is 1.25. The van der Waals surface area contributed by atoms with E-state index in [0.29, 0.717) is 35.6 Å². The Morgan fingerprint density at radius 2 is 1.90 bits per heavy atom. The van der Waals surface area contributed by atoms with Crippen molar-refractivity contribution in [1.29, 1.82) is 0 Å². The van der Waals surface area contributed by atoms with Gasteiger partial charge in [0, 0.05) is 12.6 Å². The van der Waals surface area contributed by atoms with E-state index in [2.05, 4.69) is 20.3 Å². The van der Waals surface area contributed by atoms with E-state index in [1.807, 2.05) is 60.1 Å². The largest absolute Gasteiger partial charge is 0.497 e. The summed E-state index contributed by atoms with van der Waals surface area (Å²) in [6, 6.07) is 15.1. The lowest BCUT2D eigenvalue weighted by atomic mass is 10.2. The molecular weight excluding hydrogens is 418 g/mol. The van der Waals surface area contributed by atoms with Crippen LogP contribution in [0.3, 0.4) is 0 Å². The van der Waals surface area contributed by atoms with Gasteiger partial charge in [0.05, 0.1) is 12.9 Å². The van der Waals surface area contributed by atoms with Gasteiger partial charge in [-0.05, 0) is 36.4 Å². The highest BCUT2D eigenvalue weighted by Gasteiger charge is 2.27. The zero-order chi connectivity index (χ0) is 21.2. The molecule has 0 radical (unpaired) electrons. The second-order valence-electron chi connectivity index (χ2n) is 6.79. The summed E-state index contributed by atoms with van der Waals surface area (Å²) < 4.78 is 24.3. The van der Waals surface area contributed by atoms with Crippen molar-refractivity contribution >= 4 is 11.8 Å². The van der Waals surface area contributed by atoms with Crippen LogP contribution in [0.25, 0.3) is 11.4 Å². The van der Waals surface area contributed by atoms with Crippen molar-refractivity contribution in [2.75, 3.05) is 13.7 Å². The van der Waals surface area contributed by atoms with Gasteiger partial charge in [-0.15, -0.1) is 10.2 Å². The fourth-order valence-electron chi connectivity index (χ4n) is 3.18. The Labute approximate surface area is 182 Å². The third-order valence-electron chi connectivity index (χ3n) is 4.81. The number of ether oxygens (including phenoxy) is 3. The first-order valence-corrected chi connectivity index (χ1v) is 10.6. The van der Waals surface area contributed by atoms with Gasteiger partial charge in [-0.25, -0.2) is 0 Å². The summed E-state index contributed by atoms with van der Waals surface area (Å²) in [6.07, 6.45) is -0.327. The molecule has 0 saturated carbocycles. The number of hydrogen-bond acceptors (Lipinski definition) is 9. The van der Waals surface area contributed by atoms with Gasteiger partial charge in [0.1, 0.15) is 12.4 Å². The zero-order valence-corrected chi connectivity index (χ0v) is 17.7. The lowest BCUT2D eigenvalue weighted by Gasteiger charge is -2.25. The summed E-state index contributed by atoms with van der Waals surface area (Å²) in [5.41, 5.74) is 0.858. The van der Waals surface area contributed by atoms with Crippen LogP contribution in [0.15, 0.2) is 58.2 Å². The minimum Gasteiger partial charge on any atom is -0.497 e. The predicted molar refractivity (Wildman–Crippen MR) is 112 cm³/mol. The third-order valence-corrected chi connectivity index (χ3v) is 5.81. The molecule has 0 amide bonds. The van der Waals surface area contributed by atoms with Gasteiger partial charge in [0.15, 0.2) is 28.6 Å². The molecule has 4 aromatic rings. The minimum absolute atomic E-state index is 0.327. The number of hydrogen-bond donors (Lipinski definition) is 0. The van der Waals surface area contributed by atoms with E-state index in [1.165, 1.54) is 11.8 Å². The van der Waals surface area contributed by atoms with Crippen molar-refractivity contribution < 1.29 is 18.7 Å². The predicted octanol–water partition coefficient (Wildman–Crippen LogP) is 3.68. The van der Waals surface area contributed by atoms with Crippen LogP contribution >= 0.6 is 11.8 Å². The Morgan fingerprint density at radius 3 is 2.71 bits per heavy atom. The average molecular weight is 437 g/mol. The molecule has 10 heteroatoms. The molecule has 1 atom stereocenters. The number of methoxy groups -OCH3 is 1. The van der Waals surface area contributed by atoms with E-state index in [-0.39, 0.29) is 6.10 Å². The minimum atomic E-state index is -0.327. The standard InChI is InChI=1S/C21H19N5O4S/c1-26-20(17-11-28-15-5-3-4-6-16(15)29-17)23-24-21(26)31-12-18-22-19(25-30-18)13-7-9-14(27-2)10-8-13/h3-10,17H,11-12H2,1-2H3/t17-/m1/s1. The maximum Gasteiger partial charge on any atom is 0.237 e. The first kappa shape index (κ1) is 19.4. The molecule has 31 heavy (non-hydrogen) atoms. The molecular formula is C21H19N5O4S. The number of nitrogens with zero attached hydrogens (tertiary/aromatic N) is 5. The molecule has 9 nitrogen and oxygen atoms in total. The molecule has 2 aromatic carbocycles. The first-order valence-electron chi connectivity index (χ1n) is 9.59. The monoisotopic (exact) mass is 437 g/mol. The Kier molecular flexibility index (Phi) is 5.21. The number of para-hydroxylation sites is 2. The normalized spacial score (nSPS) is 15.1. The van der Waals surface area contributed by atoms with Gasteiger partial charge in [0.25, 0.3) is 0 Å².